The number of aromatic nitrogens is 2. The average Bonchev–Trinajstić information content (AvgIpc) is 2.93. The fourth-order valence-electron chi connectivity index (χ4n) is 3.05. The summed E-state index contributed by atoms with van der Waals surface area (Å²) in [5.41, 5.74) is 1.53. The molecule has 2 unspecified atom stereocenters. The van der Waals surface area contributed by atoms with Gasteiger partial charge in [0.2, 0.25) is 0 Å². The lowest BCUT2D eigenvalue weighted by molar-refractivity contribution is 0.493. The molecule has 1 aliphatic rings. The van der Waals surface area contributed by atoms with Crippen LogP contribution in [0, 0.1) is 11.7 Å². The average molecular weight is 301 g/mol. The van der Waals surface area contributed by atoms with E-state index in [9.17, 15) is 4.39 Å². The van der Waals surface area contributed by atoms with Gasteiger partial charge in [-0.3, -0.25) is 0 Å². The molecule has 1 aliphatic carbocycles. The van der Waals surface area contributed by atoms with E-state index in [1.807, 2.05) is 0 Å². The molecule has 0 saturated heterocycles. The van der Waals surface area contributed by atoms with Gasteiger partial charge in [-0.05, 0) is 31.2 Å². The van der Waals surface area contributed by atoms with E-state index in [-0.39, 0.29) is 5.02 Å². The number of rotatable bonds is 2. The Balaban J connectivity index is 2.18. The minimum atomic E-state index is -0.431. The zero-order valence-corrected chi connectivity index (χ0v) is 12.2. The van der Waals surface area contributed by atoms with E-state index in [1.165, 1.54) is 12.5 Å². The van der Waals surface area contributed by atoms with Crippen molar-refractivity contribution >= 4 is 34.2 Å². The smallest absolute Gasteiger partial charge is 0.144 e. The topological polar surface area (TPSA) is 17.8 Å². The Labute approximate surface area is 121 Å². The summed E-state index contributed by atoms with van der Waals surface area (Å²) in [6.07, 6.45) is 3.44. The fourth-order valence-corrected chi connectivity index (χ4v) is 3.40. The number of nitrogens with zero attached hydrogens (tertiary/aromatic N) is 2. The number of halogens is 3. The molecule has 0 spiro atoms. The van der Waals surface area contributed by atoms with E-state index in [0.717, 1.165) is 24.2 Å². The van der Waals surface area contributed by atoms with Gasteiger partial charge in [0.15, 0.2) is 0 Å². The van der Waals surface area contributed by atoms with Gasteiger partial charge in [0.1, 0.15) is 11.6 Å². The SMILES string of the molecule is CC1CCC(n2c(CCl)nc3cc(F)c(Cl)cc32)C1. The minimum Gasteiger partial charge on any atom is -0.324 e. The second-order valence-electron chi connectivity index (χ2n) is 5.36. The van der Waals surface area contributed by atoms with Crippen molar-refractivity contribution in [1.29, 1.82) is 0 Å². The normalized spacial score (nSPS) is 23.4. The van der Waals surface area contributed by atoms with Crippen molar-refractivity contribution in [3.8, 4) is 0 Å². The molecule has 3 rings (SSSR count). The first kappa shape index (κ1) is 13.2. The number of imidazole rings is 1. The summed E-state index contributed by atoms with van der Waals surface area (Å²) in [4.78, 5) is 4.44. The molecule has 2 aromatic rings. The van der Waals surface area contributed by atoms with Crippen LogP contribution in [-0.4, -0.2) is 9.55 Å². The molecule has 1 fully saturated rings. The van der Waals surface area contributed by atoms with E-state index in [0.29, 0.717) is 23.4 Å². The molecule has 0 amide bonds. The number of hydrogen-bond donors (Lipinski definition) is 0. The summed E-state index contributed by atoms with van der Waals surface area (Å²) >= 11 is 11.9. The van der Waals surface area contributed by atoms with Crippen molar-refractivity contribution in [3.63, 3.8) is 0 Å². The Kier molecular flexibility index (Phi) is 3.44. The van der Waals surface area contributed by atoms with Crippen molar-refractivity contribution in [2.75, 3.05) is 0 Å². The monoisotopic (exact) mass is 300 g/mol. The Morgan fingerprint density at radius 3 is 2.84 bits per heavy atom. The lowest BCUT2D eigenvalue weighted by Crippen LogP contribution is -2.08. The van der Waals surface area contributed by atoms with Crippen LogP contribution in [0.4, 0.5) is 4.39 Å². The molecule has 0 radical (unpaired) electrons. The van der Waals surface area contributed by atoms with Crippen LogP contribution in [0.1, 0.15) is 38.1 Å². The van der Waals surface area contributed by atoms with Crippen molar-refractivity contribution in [2.24, 2.45) is 5.92 Å². The van der Waals surface area contributed by atoms with Crippen LogP contribution >= 0.6 is 23.2 Å². The molecule has 19 heavy (non-hydrogen) atoms. The predicted molar refractivity (Wildman–Crippen MR) is 76.3 cm³/mol. The molecule has 2 atom stereocenters. The predicted octanol–water partition coefficient (Wildman–Crippen LogP) is 4.93. The van der Waals surface area contributed by atoms with E-state index in [1.54, 1.807) is 6.07 Å². The highest BCUT2D eigenvalue weighted by atomic mass is 35.5. The highest BCUT2D eigenvalue weighted by Crippen LogP contribution is 2.38. The third-order valence-electron chi connectivity index (χ3n) is 3.96. The first-order chi connectivity index (χ1) is 9.10. The molecule has 0 bridgehead atoms. The maximum atomic E-state index is 13.5. The van der Waals surface area contributed by atoms with Gasteiger partial charge in [-0.25, -0.2) is 9.37 Å². The molecule has 0 aliphatic heterocycles. The molecular weight excluding hydrogens is 286 g/mol. The molecule has 1 heterocycles. The van der Waals surface area contributed by atoms with Crippen LogP contribution in [0.5, 0.6) is 0 Å². The van der Waals surface area contributed by atoms with Crippen LogP contribution in [0.2, 0.25) is 5.02 Å². The summed E-state index contributed by atoms with van der Waals surface area (Å²) in [5, 5.41) is 0.140. The minimum absolute atomic E-state index is 0.140. The van der Waals surface area contributed by atoms with Crippen LogP contribution in [0.15, 0.2) is 12.1 Å². The number of hydrogen-bond acceptors (Lipinski definition) is 1. The third kappa shape index (κ3) is 2.23. The molecular formula is C14H15Cl2FN2. The zero-order chi connectivity index (χ0) is 13.6. The summed E-state index contributed by atoms with van der Waals surface area (Å²) in [6, 6.07) is 3.45. The summed E-state index contributed by atoms with van der Waals surface area (Å²) in [7, 11) is 0. The lowest BCUT2D eigenvalue weighted by Gasteiger charge is -2.16. The number of benzene rings is 1. The highest BCUT2D eigenvalue weighted by molar-refractivity contribution is 6.31. The van der Waals surface area contributed by atoms with Crippen molar-refractivity contribution in [3.05, 3.63) is 28.8 Å². The molecule has 2 nitrogen and oxygen atoms in total. The third-order valence-corrected chi connectivity index (χ3v) is 4.49. The first-order valence-electron chi connectivity index (χ1n) is 6.52. The van der Waals surface area contributed by atoms with E-state index in [4.69, 9.17) is 23.2 Å². The van der Waals surface area contributed by atoms with Crippen molar-refractivity contribution < 1.29 is 4.39 Å². The van der Waals surface area contributed by atoms with Crippen molar-refractivity contribution in [1.82, 2.24) is 9.55 Å². The van der Waals surface area contributed by atoms with Crippen LogP contribution < -0.4 is 0 Å². The number of fused-ring (bicyclic) bond motifs is 1. The molecule has 0 N–H and O–H groups in total. The van der Waals surface area contributed by atoms with Gasteiger partial charge in [-0.1, -0.05) is 18.5 Å². The van der Waals surface area contributed by atoms with Gasteiger partial charge < -0.3 is 4.57 Å². The van der Waals surface area contributed by atoms with E-state index >= 15 is 0 Å². The van der Waals surface area contributed by atoms with Gasteiger partial charge in [-0.15, -0.1) is 11.6 Å². The van der Waals surface area contributed by atoms with Crippen LogP contribution in [-0.2, 0) is 5.88 Å². The summed E-state index contributed by atoms with van der Waals surface area (Å²) in [6.45, 7) is 2.26. The van der Waals surface area contributed by atoms with E-state index < -0.39 is 5.82 Å². The number of alkyl halides is 1. The molecule has 1 aromatic carbocycles. The fraction of sp³-hybridized carbons (Fsp3) is 0.500. The largest absolute Gasteiger partial charge is 0.324 e. The van der Waals surface area contributed by atoms with Gasteiger partial charge in [-0.2, -0.15) is 0 Å². The summed E-state index contributed by atoms with van der Waals surface area (Å²) in [5.74, 6) is 1.41. The maximum Gasteiger partial charge on any atom is 0.144 e. The van der Waals surface area contributed by atoms with Gasteiger partial charge in [0, 0.05) is 12.1 Å². The van der Waals surface area contributed by atoms with Gasteiger partial charge in [0.25, 0.3) is 0 Å². The van der Waals surface area contributed by atoms with Crippen LogP contribution in [0.25, 0.3) is 11.0 Å². The Morgan fingerprint density at radius 1 is 1.42 bits per heavy atom. The standard InChI is InChI=1S/C14H15Cl2FN2/c1-8-2-3-9(4-8)19-13-5-10(16)11(17)6-12(13)18-14(19)7-15/h5-6,8-9H,2-4,7H2,1H3. The van der Waals surface area contributed by atoms with Gasteiger partial charge in [0.05, 0.1) is 21.9 Å². The second-order valence-corrected chi connectivity index (χ2v) is 6.03. The van der Waals surface area contributed by atoms with E-state index in [2.05, 4.69) is 16.5 Å². The first-order valence-corrected chi connectivity index (χ1v) is 7.43. The molecule has 1 saturated carbocycles. The van der Waals surface area contributed by atoms with Gasteiger partial charge >= 0.3 is 0 Å². The van der Waals surface area contributed by atoms with Crippen molar-refractivity contribution in [2.45, 2.75) is 38.1 Å². The quantitative estimate of drug-likeness (QED) is 0.719. The Morgan fingerprint density at radius 2 is 2.21 bits per heavy atom. The molecule has 1 aromatic heterocycles. The van der Waals surface area contributed by atoms with Crippen LogP contribution in [0.3, 0.4) is 0 Å². The second kappa shape index (κ2) is 4.95. The summed E-state index contributed by atoms with van der Waals surface area (Å²) < 4.78 is 15.7. The zero-order valence-electron chi connectivity index (χ0n) is 10.7. The maximum absolute atomic E-state index is 13.5. The lowest BCUT2D eigenvalue weighted by atomic mass is 10.1. The molecule has 5 heteroatoms. The molecule has 102 valence electrons. The Hall–Kier alpha value is -0.800. The highest BCUT2D eigenvalue weighted by Gasteiger charge is 2.26. The Bertz CT molecular complexity index is 623.